The molecule has 0 aromatic heterocycles. The number of hydrogen-bond acceptors (Lipinski definition) is 1. The summed E-state index contributed by atoms with van der Waals surface area (Å²) in [5.41, 5.74) is 1.55. The van der Waals surface area contributed by atoms with Crippen molar-refractivity contribution >= 4 is 0 Å². The molecule has 0 rings (SSSR count). The summed E-state index contributed by atoms with van der Waals surface area (Å²) in [4.78, 5) is 0. The van der Waals surface area contributed by atoms with E-state index in [1.54, 1.807) is 0 Å². The van der Waals surface area contributed by atoms with Crippen molar-refractivity contribution in [3.8, 4) is 0 Å². The zero-order valence-corrected chi connectivity index (χ0v) is 13.8. The number of rotatable bonds is 11. The molecule has 0 saturated heterocycles. The maximum Gasteiger partial charge on any atom is 0.0623 e. The van der Waals surface area contributed by atoms with Gasteiger partial charge in [-0.3, -0.25) is 0 Å². The standard InChI is InChI=1S/C18H34O/c1-7-16(3)15-17(4)13-11-9-10-12-14-19-18(5,6)8-2/h7,15-16H,1,8-14H2,2-6H3/b17-15+. The molecule has 0 N–H and O–H groups in total. The summed E-state index contributed by atoms with van der Waals surface area (Å²) in [6.45, 7) is 15.6. The summed E-state index contributed by atoms with van der Waals surface area (Å²) in [5, 5.41) is 0. The summed E-state index contributed by atoms with van der Waals surface area (Å²) >= 11 is 0. The Morgan fingerprint density at radius 3 is 2.42 bits per heavy atom. The van der Waals surface area contributed by atoms with Crippen LogP contribution in [0.1, 0.15) is 73.1 Å². The van der Waals surface area contributed by atoms with Gasteiger partial charge in [0, 0.05) is 6.61 Å². The van der Waals surface area contributed by atoms with E-state index in [1.165, 1.54) is 37.7 Å². The normalized spacial score (nSPS) is 14.5. The molecule has 0 spiro atoms. The van der Waals surface area contributed by atoms with Gasteiger partial charge in [0.15, 0.2) is 0 Å². The third kappa shape index (κ3) is 11.0. The van der Waals surface area contributed by atoms with Crippen molar-refractivity contribution in [2.24, 2.45) is 5.92 Å². The van der Waals surface area contributed by atoms with Crippen LogP contribution in [-0.4, -0.2) is 12.2 Å². The van der Waals surface area contributed by atoms with Crippen LogP contribution in [0.25, 0.3) is 0 Å². The molecule has 0 amide bonds. The van der Waals surface area contributed by atoms with Crippen molar-refractivity contribution in [1.29, 1.82) is 0 Å². The van der Waals surface area contributed by atoms with Gasteiger partial charge in [-0.05, 0) is 52.4 Å². The van der Waals surface area contributed by atoms with Crippen molar-refractivity contribution < 1.29 is 4.74 Å². The molecule has 19 heavy (non-hydrogen) atoms. The van der Waals surface area contributed by atoms with Crippen LogP contribution in [0.15, 0.2) is 24.3 Å². The Bertz CT molecular complexity index is 263. The van der Waals surface area contributed by atoms with E-state index in [9.17, 15) is 0 Å². The van der Waals surface area contributed by atoms with Crippen LogP contribution in [-0.2, 0) is 4.74 Å². The lowest BCUT2D eigenvalue weighted by Gasteiger charge is -2.23. The van der Waals surface area contributed by atoms with E-state index >= 15 is 0 Å². The molecule has 1 atom stereocenters. The molecule has 112 valence electrons. The topological polar surface area (TPSA) is 9.23 Å². The van der Waals surface area contributed by atoms with Crippen LogP contribution in [0, 0.1) is 5.92 Å². The molecule has 0 aliphatic heterocycles. The van der Waals surface area contributed by atoms with Gasteiger partial charge >= 0.3 is 0 Å². The molecule has 0 saturated carbocycles. The molecule has 0 aromatic rings. The Hall–Kier alpha value is -0.560. The average molecular weight is 266 g/mol. The fraction of sp³-hybridized carbons (Fsp3) is 0.778. The third-order valence-corrected chi connectivity index (χ3v) is 3.73. The molecular weight excluding hydrogens is 232 g/mol. The van der Waals surface area contributed by atoms with Gasteiger partial charge in [0.1, 0.15) is 0 Å². The minimum Gasteiger partial charge on any atom is -0.376 e. The van der Waals surface area contributed by atoms with E-state index in [1.807, 2.05) is 6.08 Å². The van der Waals surface area contributed by atoms with Gasteiger partial charge in [0.2, 0.25) is 0 Å². The number of hydrogen-bond donors (Lipinski definition) is 0. The van der Waals surface area contributed by atoms with Gasteiger partial charge in [-0.25, -0.2) is 0 Å². The van der Waals surface area contributed by atoms with Crippen LogP contribution in [0.4, 0.5) is 0 Å². The molecule has 0 aliphatic rings. The van der Waals surface area contributed by atoms with Crippen LogP contribution in [0.5, 0.6) is 0 Å². The largest absolute Gasteiger partial charge is 0.376 e. The predicted molar refractivity (Wildman–Crippen MR) is 86.5 cm³/mol. The second-order valence-electron chi connectivity index (χ2n) is 6.23. The SMILES string of the molecule is C=CC(C)/C=C(\C)CCCCCCOC(C)(C)CC. The van der Waals surface area contributed by atoms with Gasteiger partial charge in [0.25, 0.3) is 0 Å². The molecule has 0 aromatic carbocycles. The highest BCUT2D eigenvalue weighted by Gasteiger charge is 2.14. The van der Waals surface area contributed by atoms with Gasteiger partial charge in [-0.15, -0.1) is 6.58 Å². The van der Waals surface area contributed by atoms with Crippen LogP contribution < -0.4 is 0 Å². The molecule has 0 aliphatic carbocycles. The van der Waals surface area contributed by atoms with Gasteiger partial charge < -0.3 is 4.74 Å². The molecule has 1 unspecified atom stereocenters. The summed E-state index contributed by atoms with van der Waals surface area (Å²) in [6, 6.07) is 0. The zero-order valence-electron chi connectivity index (χ0n) is 13.8. The van der Waals surface area contributed by atoms with Crippen molar-refractivity contribution in [3.05, 3.63) is 24.3 Å². The first-order valence-corrected chi connectivity index (χ1v) is 7.85. The van der Waals surface area contributed by atoms with Crippen molar-refractivity contribution in [2.75, 3.05) is 6.61 Å². The first-order valence-electron chi connectivity index (χ1n) is 7.85. The molecular formula is C18H34O. The monoisotopic (exact) mass is 266 g/mol. The lowest BCUT2D eigenvalue weighted by Crippen LogP contribution is -2.23. The van der Waals surface area contributed by atoms with Crippen LogP contribution in [0.2, 0.25) is 0 Å². The summed E-state index contributed by atoms with van der Waals surface area (Å²) in [6.07, 6.45) is 11.7. The summed E-state index contributed by atoms with van der Waals surface area (Å²) in [7, 11) is 0. The Balaban J connectivity index is 3.51. The maximum atomic E-state index is 5.85. The van der Waals surface area contributed by atoms with E-state index < -0.39 is 0 Å². The lowest BCUT2D eigenvalue weighted by atomic mass is 10.0. The van der Waals surface area contributed by atoms with Crippen molar-refractivity contribution in [1.82, 2.24) is 0 Å². The highest BCUT2D eigenvalue weighted by molar-refractivity contribution is 5.04. The fourth-order valence-corrected chi connectivity index (χ4v) is 1.91. The Morgan fingerprint density at radius 2 is 1.84 bits per heavy atom. The molecule has 1 heteroatoms. The number of allylic oxidation sites excluding steroid dienone is 3. The summed E-state index contributed by atoms with van der Waals surface area (Å²) < 4.78 is 5.85. The average Bonchev–Trinajstić information content (AvgIpc) is 2.37. The second-order valence-corrected chi connectivity index (χ2v) is 6.23. The Kier molecular flexibility index (Phi) is 9.95. The van der Waals surface area contributed by atoms with Gasteiger partial charge in [-0.1, -0.05) is 44.4 Å². The Morgan fingerprint density at radius 1 is 1.21 bits per heavy atom. The quantitative estimate of drug-likeness (QED) is 0.333. The molecule has 0 heterocycles. The van der Waals surface area contributed by atoms with E-state index in [-0.39, 0.29) is 5.60 Å². The molecule has 1 nitrogen and oxygen atoms in total. The van der Waals surface area contributed by atoms with Crippen LogP contribution >= 0.6 is 0 Å². The third-order valence-electron chi connectivity index (χ3n) is 3.73. The highest BCUT2D eigenvalue weighted by atomic mass is 16.5. The Labute approximate surface area is 121 Å². The minimum absolute atomic E-state index is 0.0557. The minimum atomic E-state index is 0.0557. The fourth-order valence-electron chi connectivity index (χ4n) is 1.91. The van der Waals surface area contributed by atoms with E-state index in [2.05, 4.69) is 47.3 Å². The molecule has 0 fully saturated rings. The summed E-state index contributed by atoms with van der Waals surface area (Å²) in [5.74, 6) is 0.504. The van der Waals surface area contributed by atoms with E-state index in [0.717, 1.165) is 13.0 Å². The predicted octanol–water partition coefficient (Wildman–Crippen LogP) is 5.91. The zero-order chi connectivity index (χ0) is 14.7. The van der Waals surface area contributed by atoms with Gasteiger partial charge in [-0.2, -0.15) is 0 Å². The number of ether oxygens (including phenoxy) is 1. The number of unbranched alkanes of at least 4 members (excludes halogenated alkanes) is 3. The smallest absolute Gasteiger partial charge is 0.0623 e. The van der Waals surface area contributed by atoms with Crippen LogP contribution in [0.3, 0.4) is 0 Å². The lowest BCUT2D eigenvalue weighted by molar-refractivity contribution is -0.0216. The van der Waals surface area contributed by atoms with Gasteiger partial charge in [0.05, 0.1) is 5.60 Å². The van der Waals surface area contributed by atoms with E-state index in [0.29, 0.717) is 5.92 Å². The van der Waals surface area contributed by atoms with Crippen molar-refractivity contribution in [2.45, 2.75) is 78.7 Å². The first kappa shape index (κ1) is 18.4. The maximum absolute atomic E-state index is 5.85. The highest BCUT2D eigenvalue weighted by Crippen LogP contribution is 2.16. The van der Waals surface area contributed by atoms with E-state index in [4.69, 9.17) is 4.74 Å². The molecule has 0 radical (unpaired) electrons. The molecule has 0 bridgehead atoms. The first-order chi connectivity index (χ1) is 8.91. The van der Waals surface area contributed by atoms with Crippen molar-refractivity contribution in [3.63, 3.8) is 0 Å². The second kappa shape index (κ2) is 10.3.